The normalized spacial score (nSPS) is 16.9. The zero-order chi connectivity index (χ0) is 11.9. The predicted octanol–water partition coefficient (Wildman–Crippen LogP) is 2.14. The highest BCUT2D eigenvalue weighted by Crippen LogP contribution is 2.51. The fraction of sp³-hybridized carbons (Fsp3) is 0.308. The molecular formula is C13H12N2O2. The Morgan fingerprint density at radius 2 is 1.94 bits per heavy atom. The highest BCUT2D eigenvalue weighted by atomic mass is 16.4. The molecule has 2 aromatic rings. The Balaban J connectivity index is 2.03. The molecule has 1 heterocycles. The highest BCUT2D eigenvalue weighted by molar-refractivity contribution is 5.82. The number of hydrogen-bond acceptors (Lipinski definition) is 3. The van der Waals surface area contributed by atoms with Crippen molar-refractivity contribution in [3.8, 4) is 0 Å². The van der Waals surface area contributed by atoms with Gasteiger partial charge >= 0.3 is 5.97 Å². The van der Waals surface area contributed by atoms with Crippen LogP contribution in [-0.4, -0.2) is 21.3 Å². The molecule has 1 aliphatic rings. The van der Waals surface area contributed by atoms with Gasteiger partial charge in [0.2, 0.25) is 0 Å². The van der Waals surface area contributed by atoms with Crippen LogP contribution >= 0.6 is 0 Å². The van der Waals surface area contributed by atoms with E-state index in [0.717, 1.165) is 29.2 Å². The van der Waals surface area contributed by atoms with Gasteiger partial charge in [0.25, 0.3) is 0 Å². The van der Waals surface area contributed by atoms with Gasteiger partial charge in [-0.15, -0.1) is 0 Å². The summed E-state index contributed by atoms with van der Waals surface area (Å²) in [6, 6.07) is 6.04. The molecule has 0 aliphatic heterocycles. The molecule has 4 nitrogen and oxygen atoms in total. The molecule has 0 spiro atoms. The number of fused-ring (bicyclic) bond motifs is 1. The molecule has 0 bridgehead atoms. The van der Waals surface area contributed by atoms with Gasteiger partial charge in [-0.3, -0.25) is 4.79 Å². The van der Waals surface area contributed by atoms with Gasteiger partial charge in [-0.2, -0.15) is 10.2 Å². The van der Waals surface area contributed by atoms with Crippen LogP contribution in [0.5, 0.6) is 0 Å². The van der Waals surface area contributed by atoms with Crippen molar-refractivity contribution in [3.05, 3.63) is 36.2 Å². The number of benzene rings is 1. The van der Waals surface area contributed by atoms with E-state index in [2.05, 4.69) is 10.2 Å². The Labute approximate surface area is 98.3 Å². The Kier molecular flexibility index (Phi) is 2.11. The third kappa shape index (κ3) is 1.75. The van der Waals surface area contributed by atoms with Gasteiger partial charge in [0.1, 0.15) is 0 Å². The van der Waals surface area contributed by atoms with E-state index in [1.165, 1.54) is 0 Å². The molecule has 1 aliphatic carbocycles. The van der Waals surface area contributed by atoms with Gasteiger partial charge in [0.05, 0.1) is 18.8 Å². The van der Waals surface area contributed by atoms with Gasteiger partial charge < -0.3 is 5.11 Å². The fourth-order valence-electron chi connectivity index (χ4n) is 2.33. The number of carboxylic acid groups (broad SMARTS) is 1. The Morgan fingerprint density at radius 1 is 1.24 bits per heavy atom. The second-order valence-electron chi connectivity index (χ2n) is 4.68. The van der Waals surface area contributed by atoms with Crippen molar-refractivity contribution in [1.82, 2.24) is 10.2 Å². The maximum Gasteiger partial charge on any atom is 0.304 e. The molecule has 1 saturated carbocycles. The lowest BCUT2D eigenvalue weighted by Crippen LogP contribution is -2.12. The van der Waals surface area contributed by atoms with Crippen molar-refractivity contribution in [2.45, 2.75) is 24.7 Å². The molecular weight excluding hydrogens is 216 g/mol. The second kappa shape index (κ2) is 3.52. The van der Waals surface area contributed by atoms with Crippen molar-refractivity contribution in [1.29, 1.82) is 0 Å². The average molecular weight is 228 g/mol. The molecule has 86 valence electrons. The molecule has 1 N–H and O–H groups in total. The van der Waals surface area contributed by atoms with Crippen LogP contribution in [0.25, 0.3) is 10.8 Å². The van der Waals surface area contributed by atoms with Crippen molar-refractivity contribution < 1.29 is 9.90 Å². The molecule has 0 unspecified atom stereocenters. The molecule has 1 aromatic heterocycles. The first-order valence-electron chi connectivity index (χ1n) is 5.62. The molecule has 0 amide bonds. The van der Waals surface area contributed by atoms with E-state index in [-0.39, 0.29) is 11.8 Å². The van der Waals surface area contributed by atoms with Gasteiger partial charge in [0, 0.05) is 16.2 Å². The number of aliphatic carboxylic acids is 1. The maximum absolute atomic E-state index is 10.9. The van der Waals surface area contributed by atoms with E-state index in [0.29, 0.717) is 0 Å². The summed E-state index contributed by atoms with van der Waals surface area (Å²) >= 11 is 0. The first kappa shape index (κ1) is 10.2. The Hall–Kier alpha value is -1.97. The van der Waals surface area contributed by atoms with Gasteiger partial charge in [-0.1, -0.05) is 12.1 Å². The van der Waals surface area contributed by atoms with Crippen molar-refractivity contribution >= 4 is 16.7 Å². The minimum Gasteiger partial charge on any atom is -0.481 e. The number of aromatic nitrogens is 2. The number of nitrogens with zero attached hydrogens (tertiary/aromatic N) is 2. The lowest BCUT2D eigenvalue weighted by Gasteiger charge is -2.13. The molecule has 3 rings (SSSR count). The SMILES string of the molecule is O=C(O)CC1(c2ccc3cnncc3c2)CC1. The summed E-state index contributed by atoms with van der Waals surface area (Å²) in [6.07, 6.45) is 5.58. The fourth-order valence-corrected chi connectivity index (χ4v) is 2.33. The standard InChI is InChI=1S/C13H12N2O2/c16-12(17)6-13(3-4-13)11-2-1-9-7-14-15-8-10(9)5-11/h1-2,5,7-8H,3-4,6H2,(H,16,17). The van der Waals surface area contributed by atoms with E-state index >= 15 is 0 Å². The van der Waals surface area contributed by atoms with Crippen LogP contribution in [0.2, 0.25) is 0 Å². The zero-order valence-electron chi connectivity index (χ0n) is 9.26. The minimum atomic E-state index is -0.726. The highest BCUT2D eigenvalue weighted by Gasteiger charge is 2.45. The van der Waals surface area contributed by atoms with Gasteiger partial charge in [0.15, 0.2) is 0 Å². The van der Waals surface area contributed by atoms with E-state index in [1.54, 1.807) is 12.4 Å². The minimum absolute atomic E-state index is 0.136. The third-order valence-corrected chi connectivity index (χ3v) is 3.50. The van der Waals surface area contributed by atoms with E-state index < -0.39 is 5.97 Å². The van der Waals surface area contributed by atoms with Gasteiger partial charge in [-0.25, -0.2) is 0 Å². The molecule has 0 radical (unpaired) electrons. The monoisotopic (exact) mass is 228 g/mol. The molecule has 4 heteroatoms. The summed E-state index contributed by atoms with van der Waals surface area (Å²) in [5.41, 5.74) is 0.976. The third-order valence-electron chi connectivity index (χ3n) is 3.50. The molecule has 17 heavy (non-hydrogen) atoms. The summed E-state index contributed by atoms with van der Waals surface area (Å²) in [6.45, 7) is 0. The number of carboxylic acids is 1. The molecule has 1 fully saturated rings. The largest absolute Gasteiger partial charge is 0.481 e. The van der Waals surface area contributed by atoms with Crippen LogP contribution < -0.4 is 0 Å². The van der Waals surface area contributed by atoms with E-state index in [4.69, 9.17) is 5.11 Å². The molecule has 0 atom stereocenters. The summed E-state index contributed by atoms with van der Waals surface area (Å²) < 4.78 is 0. The van der Waals surface area contributed by atoms with Crippen LogP contribution in [0, 0.1) is 0 Å². The van der Waals surface area contributed by atoms with Crippen molar-refractivity contribution in [2.75, 3.05) is 0 Å². The number of hydrogen-bond donors (Lipinski definition) is 1. The zero-order valence-corrected chi connectivity index (χ0v) is 9.26. The molecule has 1 aromatic carbocycles. The summed E-state index contributed by atoms with van der Waals surface area (Å²) in [5.74, 6) is -0.726. The Morgan fingerprint density at radius 3 is 2.59 bits per heavy atom. The predicted molar refractivity (Wildman–Crippen MR) is 62.7 cm³/mol. The Bertz CT molecular complexity index is 591. The van der Waals surface area contributed by atoms with Crippen LogP contribution in [0.4, 0.5) is 0 Å². The van der Waals surface area contributed by atoms with Crippen molar-refractivity contribution in [3.63, 3.8) is 0 Å². The summed E-state index contributed by atoms with van der Waals surface area (Å²) in [7, 11) is 0. The smallest absolute Gasteiger partial charge is 0.304 e. The maximum atomic E-state index is 10.9. The summed E-state index contributed by atoms with van der Waals surface area (Å²) in [5, 5.41) is 18.7. The first-order valence-corrected chi connectivity index (χ1v) is 5.62. The van der Waals surface area contributed by atoms with E-state index in [1.807, 2.05) is 18.2 Å². The number of rotatable bonds is 3. The quantitative estimate of drug-likeness (QED) is 0.874. The van der Waals surface area contributed by atoms with E-state index in [9.17, 15) is 4.79 Å². The lowest BCUT2D eigenvalue weighted by atomic mass is 9.91. The lowest BCUT2D eigenvalue weighted by molar-refractivity contribution is -0.137. The average Bonchev–Trinajstić information content (AvgIpc) is 3.08. The van der Waals surface area contributed by atoms with Crippen molar-refractivity contribution in [2.24, 2.45) is 0 Å². The second-order valence-corrected chi connectivity index (χ2v) is 4.68. The van der Waals surface area contributed by atoms with Crippen LogP contribution in [0.15, 0.2) is 30.6 Å². The number of carbonyl (C=O) groups is 1. The van der Waals surface area contributed by atoms with Crippen LogP contribution in [-0.2, 0) is 10.2 Å². The first-order chi connectivity index (χ1) is 8.20. The van der Waals surface area contributed by atoms with Gasteiger partial charge in [-0.05, 0) is 24.5 Å². The topological polar surface area (TPSA) is 63.1 Å². The molecule has 0 saturated heterocycles. The summed E-state index contributed by atoms with van der Waals surface area (Å²) in [4.78, 5) is 10.9. The van der Waals surface area contributed by atoms with Crippen LogP contribution in [0.1, 0.15) is 24.8 Å². The van der Waals surface area contributed by atoms with Crippen LogP contribution in [0.3, 0.4) is 0 Å².